The van der Waals surface area contributed by atoms with Gasteiger partial charge in [0.2, 0.25) is 5.78 Å². The van der Waals surface area contributed by atoms with Crippen LogP contribution in [0.15, 0.2) is 121 Å². The zero-order valence-corrected chi connectivity index (χ0v) is 17.5. The summed E-state index contributed by atoms with van der Waals surface area (Å²) in [7, 11) is 0. The van der Waals surface area contributed by atoms with Crippen LogP contribution >= 0.6 is 0 Å². The van der Waals surface area contributed by atoms with Crippen molar-refractivity contribution >= 4 is 11.9 Å². The Kier molecular flexibility index (Phi) is 6.75. The number of allylic oxidation sites excluding steroid dienone is 1. The van der Waals surface area contributed by atoms with Crippen molar-refractivity contribution < 1.29 is 4.79 Å². The molecule has 0 spiro atoms. The molecule has 0 unspecified atom stereocenters. The predicted molar refractivity (Wildman–Crippen MR) is 131 cm³/mol. The topological polar surface area (TPSA) is 17.1 Å². The molecule has 0 bridgehead atoms. The minimum absolute atomic E-state index is 0.0954. The molecule has 0 N–H and O–H groups in total. The fourth-order valence-electron chi connectivity index (χ4n) is 3.06. The first-order valence-corrected chi connectivity index (χ1v) is 10.3. The first kappa shape index (κ1) is 20.7. The Hall–Kier alpha value is -4.59. The molecule has 0 amide bonds. The van der Waals surface area contributed by atoms with E-state index < -0.39 is 0 Å². The lowest BCUT2D eigenvalue weighted by Gasteiger charge is -2.02. The molecule has 4 aromatic carbocycles. The molecule has 0 atom stereocenters. The monoisotopic (exact) mass is 408 g/mol. The number of carbonyl (C=O) groups is 1. The van der Waals surface area contributed by atoms with Crippen LogP contribution < -0.4 is 0 Å². The summed E-state index contributed by atoms with van der Waals surface area (Å²) in [6.07, 6.45) is 1.83. The van der Waals surface area contributed by atoms with Gasteiger partial charge in [-0.1, -0.05) is 103 Å². The molecule has 32 heavy (non-hydrogen) atoms. The van der Waals surface area contributed by atoms with Crippen LogP contribution in [0, 0.1) is 23.7 Å². The Bertz CT molecular complexity index is 1340. The van der Waals surface area contributed by atoms with Crippen molar-refractivity contribution in [3.05, 3.63) is 149 Å². The second kappa shape index (κ2) is 10.4. The molecule has 0 aliphatic carbocycles. The van der Waals surface area contributed by atoms with E-state index in [1.807, 2.05) is 121 Å². The maximum Gasteiger partial charge on any atom is 0.201 e. The molecule has 0 aliphatic rings. The van der Waals surface area contributed by atoms with Crippen molar-refractivity contribution in [2.75, 3.05) is 0 Å². The summed E-state index contributed by atoms with van der Waals surface area (Å²) in [6.45, 7) is 0. The summed E-state index contributed by atoms with van der Waals surface area (Å²) < 4.78 is 0. The Morgan fingerprint density at radius 2 is 1.00 bits per heavy atom. The molecule has 0 saturated heterocycles. The third kappa shape index (κ3) is 5.73. The summed E-state index contributed by atoms with van der Waals surface area (Å²) in [4.78, 5) is 13.1. The van der Waals surface area contributed by atoms with Gasteiger partial charge < -0.3 is 0 Å². The van der Waals surface area contributed by atoms with Gasteiger partial charge >= 0.3 is 0 Å². The van der Waals surface area contributed by atoms with Crippen molar-refractivity contribution in [1.29, 1.82) is 0 Å². The van der Waals surface area contributed by atoms with E-state index in [9.17, 15) is 4.79 Å². The summed E-state index contributed by atoms with van der Waals surface area (Å²) in [6, 6.07) is 36.6. The highest BCUT2D eigenvalue weighted by Gasteiger charge is 2.10. The van der Waals surface area contributed by atoms with E-state index in [0.717, 1.165) is 22.3 Å². The van der Waals surface area contributed by atoms with Crippen molar-refractivity contribution in [2.24, 2.45) is 0 Å². The van der Waals surface area contributed by atoms with E-state index in [4.69, 9.17) is 0 Å². The number of hydrogen-bond acceptors (Lipinski definition) is 1. The molecular weight excluding hydrogens is 388 g/mol. The first-order valence-electron chi connectivity index (χ1n) is 10.3. The number of Topliss-reactive ketones (excluding diaryl/α,β-unsaturated/α-hetero) is 1. The van der Waals surface area contributed by atoms with Gasteiger partial charge in [0.15, 0.2) is 0 Å². The summed E-state index contributed by atoms with van der Waals surface area (Å²) in [5.41, 5.74) is 4.72. The molecule has 0 fully saturated rings. The minimum Gasteiger partial charge on any atom is -0.288 e. The highest BCUT2D eigenvalue weighted by molar-refractivity contribution is 6.14. The van der Waals surface area contributed by atoms with Gasteiger partial charge in [0.1, 0.15) is 0 Å². The lowest BCUT2D eigenvalue weighted by molar-refractivity contribution is 0.104. The summed E-state index contributed by atoms with van der Waals surface area (Å²) >= 11 is 0. The predicted octanol–water partition coefficient (Wildman–Crippen LogP) is 6.40. The van der Waals surface area contributed by atoms with E-state index in [1.165, 1.54) is 0 Å². The molecule has 1 heteroatoms. The summed E-state index contributed by atoms with van der Waals surface area (Å²) in [5, 5.41) is 0. The third-order valence-corrected chi connectivity index (χ3v) is 4.74. The molecule has 4 rings (SSSR count). The second-order valence-electron chi connectivity index (χ2n) is 7.11. The quantitative estimate of drug-likeness (QED) is 0.218. The fraction of sp³-hybridized carbons (Fsp3) is 0. The number of carbonyl (C=O) groups excluding carboxylic acids is 1. The van der Waals surface area contributed by atoms with Gasteiger partial charge in [-0.2, -0.15) is 0 Å². The standard InChI is InChI=1S/C31H20O/c32-31(29-14-8-3-9-15-29)30(23-22-26-12-6-2-7-13-26)24-28-20-18-27(19-21-28)17-16-25-10-4-1-5-11-25/h1-15,18-21,24H. The molecule has 150 valence electrons. The van der Waals surface area contributed by atoms with E-state index in [1.54, 1.807) is 0 Å². The summed E-state index contributed by atoms with van der Waals surface area (Å²) in [5.74, 6) is 12.4. The van der Waals surface area contributed by atoms with Gasteiger partial charge in [0.25, 0.3) is 0 Å². The van der Waals surface area contributed by atoms with Crippen LogP contribution in [0.1, 0.15) is 32.6 Å². The van der Waals surface area contributed by atoms with Crippen LogP contribution in [0.4, 0.5) is 0 Å². The van der Waals surface area contributed by atoms with Crippen LogP contribution in [0.5, 0.6) is 0 Å². The van der Waals surface area contributed by atoms with Crippen molar-refractivity contribution in [1.82, 2.24) is 0 Å². The Balaban J connectivity index is 1.63. The first-order chi connectivity index (χ1) is 15.8. The third-order valence-electron chi connectivity index (χ3n) is 4.74. The van der Waals surface area contributed by atoms with Crippen molar-refractivity contribution in [2.45, 2.75) is 0 Å². The average molecular weight is 409 g/mol. The smallest absolute Gasteiger partial charge is 0.201 e. The average Bonchev–Trinajstić information content (AvgIpc) is 2.87. The van der Waals surface area contributed by atoms with Gasteiger partial charge in [-0.05, 0) is 48.0 Å². The minimum atomic E-state index is -0.0954. The zero-order valence-electron chi connectivity index (χ0n) is 17.5. The molecular formula is C31H20O. The molecule has 0 aliphatic heterocycles. The van der Waals surface area contributed by atoms with E-state index in [-0.39, 0.29) is 5.78 Å². The van der Waals surface area contributed by atoms with Crippen LogP contribution in [0.25, 0.3) is 6.08 Å². The molecule has 0 aromatic heterocycles. The molecule has 1 nitrogen and oxygen atoms in total. The lowest BCUT2D eigenvalue weighted by atomic mass is 10.0. The van der Waals surface area contributed by atoms with Gasteiger partial charge in [-0.3, -0.25) is 4.79 Å². The Morgan fingerprint density at radius 1 is 0.531 bits per heavy atom. The number of benzene rings is 4. The maximum atomic E-state index is 13.1. The fourth-order valence-corrected chi connectivity index (χ4v) is 3.06. The van der Waals surface area contributed by atoms with Crippen LogP contribution in [-0.2, 0) is 0 Å². The highest BCUT2D eigenvalue weighted by Crippen LogP contribution is 2.14. The largest absolute Gasteiger partial charge is 0.288 e. The maximum absolute atomic E-state index is 13.1. The normalized spacial score (nSPS) is 10.3. The van der Waals surface area contributed by atoms with Gasteiger partial charge in [-0.15, -0.1) is 0 Å². The van der Waals surface area contributed by atoms with Crippen LogP contribution in [0.2, 0.25) is 0 Å². The second-order valence-corrected chi connectivity index (χ2v) is 7.11. The van der Waals surface area contributed by atoms with E-state index in [2.05, 4.69) is 23.7 Å². The van der Waals surface area contributed by atoms with Gasteiger partial charge in [0.05, 0.1) is 5.57 Å². The molecule has 0 saturated carbocycles. The Labute approximate surface area is 189 Å². The van der Waals surface area contributed by atoms with E-state index in [0.29, 0.717) is 11.1 Å². The number of rotatable bonds is 3. The Morgan fingerprint density at radius 3 is 1.56 bits per heavy atom. The van der Waals surface area contributed by atoms with E-state index >= 15 is 0 Å². The SMILES string of the molecule is O=C(C(C#Cc1ccccc1)=Cc1ccc(C#Cc2ccccc2)cc1)c1ccccc1. The zero-order chi connectivity index (χ0) is 22.0. The van der Waals surface area contributed by atoms with Crippen LogP contribution in [0.3, 0.4) is 0 Å². The highest BCUT2D eigenvalue weighted by atomic mass is 16.1. The van der Waals surface area contributed by atoms with Crippen LogP contribution in [-0.4, -0.2) is 5.78 Å². The van der Waals surface area contributed by atoms with Crippen molar-refractivity contribution in [3.63, 3.8) is 0 Å². The van der Waals surface area contributed by atoms with Gasteiger partial charge in [0, 0.05) is 22.3 Å². The number of ketones is 1. The molecule has 0 heterocycles. The molecule has 4 aromatic rings. The molecule has 0 radical (unpaired) electrons. The number of hydrogen-bond donors (Lipinski definition) is 0. The lowest BCUT2D eigenvalue weighted by Crippen LogP contribution is -2.01. The van der Waals surface area contributed by atoms with Gasteiger partial charge in [-0.25, -0.2) is 0 Å². The van der Waals surface area contributed by atoms with Crippen molar-refractivity contribution in [3.8, 4) is 23.7 Å².